The number of hydrogen-bond acceptors (Lipinski definition) is 6. The predicted octanol–water partition coefficient (Wildman–Crippen LogP) is 4.58. The fraction of sp³-hybridized carbons (Fsp3) is 0.0556. The van der Waals surface area contributed by atoms with Gasteiger partial charge >= 0.3 is 0 Å². The van der Waals surface area contributed by atoms with Crippen LogP contribution < -0.4 is 16.6 Å². The lowest BCUT2D eigenvalue weighted by atomic mass is 10.2. The number of anilines is 2. The third-order valence-electron chi connectivity index (χ3n) is 3.55. The number of carbonyl (C=O) groups excluding carboxylic acids is 1. The Labute approximate surface area is 170 Å². The van der Waals surface area contributed by atoms with E-state index in [9.17, 15) is 4.79 Å². The number of halogens is 2. The first-order chi connectivity index (χ1) is 12.9. The molecule has 1 heterocycles. The summed E-state index contributed by atoms with van der Waals surface area (Å²) in [5.41, 5.74) is 13.1. The van der Waals surface area contributed by atoms with Gasteiger partial charge in [-0.2, -0.15) is 0 Å². The average Bonchev–Trinajstić information content (AvgIpc) is 2.64. The molecule has 0 atom stereocenters. The highest BCUT2D eigenvalue weighted by molar-refractivity contribution is 7.99. The first kappa shape index (κ1) is 19.3. The Hall–Kier alpha value is -2.48. The van der Waals surface area contributed by atoms with Crippen LogP contribution in [0.15, 0.2) is 58.7 Å². The van der Waals surface area contributed by atoms with Crippen molar-refractivity contribution in [2.45, 2.75) is 16.8 Å². The molecule has 9 heteroatoms. The number of nitrogens with zero attached hydrogens (tertiary/aromatic N) is 2. The number of hydrazine groups is 1. The molecule has 3 rings (SSSR count). The quantitative estimate of drug-likeness (QED) is 0.413. The van der Waals surface area contributed by atoms with E-state index in [1.165, 1.54) is 35.8 Å². The molecule has 1 aromatic heterocycles. The highest BCUT2D eigenvalue weighted by atomic mass is 35.5. The molecule has 6 nitrogen and oxygen atoms in total. The first-order valence-electron chi connectivity index (χ1n) is 7.80. The van der Waals surface area contributed by atoms with Gasteiger partial charge in [0, 0.05) is 9.92 Å². The van der Waals surface area contributed by atoms with Crippen molar-refractivity contribution < 1.29 is 4.79 Å². The number of rotatable bonds is 5. The number of benzene rings is 2. The molecule has 4 N–H and O–H groups in total. The molecule has 138 valence electrons. The second-order valence-corrected chi connectivity index (χ2v) is 7.47. The zero-order valence-electron chi connectivity index (χ0n) is 14.2. The van der Waals surface area contributed by atoms with Crippen molar-refractivity contribution in [3.05, 3.63) is 70.0 Å². The van der Waals surface area contributed by atoms with E-state index in [2.05, 4.69) is 20.8 Å². The molecular weight excluding hydrogens is 405 g/mol. The van der Waals surface area contributed by atoms with E-state index in [-0.39, 0.29) is 16.4 Å². The van der Waals surface area contributed by atoms with Gasteiger partial charge in [-0.25, -0.2) is 9.97 Å². The summed E-state index contributed by atoms with van der Waals surface area (Å²) in [6.45, 7) is 2.02. The minimum Gasteiger partial charge on any atom is -0.393 e. The van der Waals surface area contributed by atoms with E-state index in [0.717, 1.165) is 4.90 Å². The maximum atomic E-state index is 12.3. The second kappa shape index (κ2) is 8.47. The van der Waals surface area contributed by atoms with Gasteiger partial charge < -0.3 is 5.73 Å². The van der Waals surface area contributed by atoms with Crippen LogP contribution in [0, 0.1) is 6.92 Å². The molecule has 0 spiro atoms. The molecule has 2 aromatic carbocycles. The van der Waals surface area contributed by atoms with Crippen molar-refractivity contribution >= 4 is 52.4 Å². The number of hydrogen-bond donors (Lipinski definition) is 3. The topological polar surface area (TPSA) is 92.9 Å². The van der Waals surface area contributed by atoms with Crippen LogP contribution >= 0.6 is 35.0 Å². The smallest absolute Gasteiger partial charge is 0.271 e. The Morgan fingerprint density at radius 1 is 1.11 bits per heavy atom. The number of aryl methyl sites for hydroxylation is 1. The molecule has 0 saturated carbocycles. The van der Waals surface area contributed by atoms with Crippen molar-refractivity contribution in [3.63, 3.8) is 0 Å². The number of nitrogens with one attached hydrogen (secondary N) is 2. The Morgan fingerprint density at radius 2 is 1.85 bits per heavy atom. The second-order valence-electron chi connectivity index (χ2n) is 5.56. The summed E-state index contributed by atoms with van der Waals surface area (Å²) in [4.78, 5) is 21.5. The normalized spacial score (nSPS) is 10.5. The summed E-state index contributed by atoms with van der Waals surface area (Å²) in [6.07, 6.45) is 1.37. The van der Waals surface area contributed by atoms with Crippen LogP contribution in [0.1, 0.15) is 15.9 Å². The molecule has 0 radical (unpaired) electrons. The van der Waals surface area contributed by atoms with Crippen LogP contribution in [0.25, 0.3) is 0 Å². The highest BCUT2D eigenvalue weighted by Crippen LogP contribution is 2.32. The summed E-state index contributed by atoms with van der Waals surface area (Å²) in [7, 11) is 0. The van der Waals surface area contributed by atoms with Crippen molar-refractivity contribution in [1.29, 1.82) is 0 Å². The zero-order chi connectivity index (χ0) is 19.4. The number of amides is 1. The third-order valence-corrected chi connectivity index (χ3v) is 5.13. The largest absolute Gasteiger partial charge is 0.393 e. The Bertz CT molecular complexity index is 982. The number of nitrogen functional groups attached to an aromatic ring is 1. The third kappa shape index (κ3) is 4.82. The molecule has 0 aliphatic carbocycles. The van der Waals surface area contributed by atoms with Gasteiger partial charge in [0.2, 0.25) is 0 Å². The molecule has 0 fully saturated rings. The van der Waals surface area contributed by atoms with Crippen molar-refractivity contribution in [1.82, 2.24) is 15.4 Å². The zero-order valence-corrected chi connectivity index (χ0v) is 16.5. The lowest BCUT2D eigenvalue weighted by molar-refractivity contribution is 0.0962. The predicted molar refractivity (Wildman–Crippen MR) is 109 cm³/mol. The van der Waals surface area contributed by atoms with Gasteiger partial charge in [-0.3, -0.25) is 15.6 Å². The first-order valence-corrected chi connectivity index (χ1v) is 9.37. The van der Waals surface area contributed by atoms with Gasteiger partial charge in [0.05, 0.1) is 10.6 Å². The number of carbonyl (C=O) groups is 1. The van der Waals surface area contributed by atoms with Gasteiger partial charge in [0.25, 0.3) is 5.91 Å². The van der Waals surface area contributed by atoms with Gasteiger partial charge in [-0.1, -0.05) is 52.7 Å². The SMILES string of the molecule is Cc1ccc(Sc2ncnc(NNC(=O)c3ccc(Cl)cc3Cl)c2N)cc1. The van der Waals surface area contributed by atoms with Crippen LogP contribution in [-0.4, -0.2) is 15.9 Å². The molecular formula is C18H15Cl2N5OS. The molecule has 0 saturated heterocycles. The van der Waals surface area contributed by atoms with Crippen LogP contribution in [0.3, 0.4) is 0 Å². The molecule has 3 aromatic rings. The molecule has 27 heavy (non-hydrogen) atoms. The number of aromatic nitrogens is 2. The van der Waals surface area contributed by atoms with E-state index in [1.807, 2.05) is 31.2 Å². The van der Waals surface area contributed by atoms with Gasteiger partial charge in [-0.15, -0.1) is 0 Å². The van der Waals surface area contributed by atoms with E-state index >= 15 is 0 Å². The summed E-state index contributed by atoms with van der Waals surface area (Å²) >= 11 is 13.3. The molecule has 0 aliphatic rings. The maximum absolute atomic E-state index is 12.3. The molecule has 0 bridgehead atoms. The van der Waals surface area contributed by atoms with Crippen molar-refractivity contribution in [3.8, 4) is 0 Å². The van der Waals surface area contributed by atoms with E-state index < -0.39 is 5.91 Å². The fourth-order valence-electron chi connectivity index (χ4n) is 2.14. The monoisotopic (exact) mass is 419 g/mol. The van der Waals surface area contributed by atoms with Crippen molar-refractivity contribution in [2.24, 2.45) is 0 Å². The fourth-order valence-corrected chi connectivity index (χ4v) is 3.43. The summed E-state index contributed by atoms with van der Waals surface area (Å²) in [6, 6.07) is 12.6. The van der Waals surface area contributed by atoms with Gasteiger partial charge in [0.1, 0.15) is 17.0 Å². The Balaban J connectivity index is 1.72. The Morgan fingerprint density at radius 3 is 2.56 bits per heavy atom. The maximum Gasteiger partial charge on any atom is 0.271 e. The minimum atomic E-state index is -0.442. The summed E-state index contributed by atoms with van der Waals surface area (Å²) in [5.74, 6) is -0.152. The summed E-state index contributed by atoms with van der Waals surface area (Å²) < 4.78 is 0. The lowest BCUT2D eigenvalue weighted by Crippen LogP contribution is -2.30. The molecule has 0 unspecified atom stereocenters. The van der Waals surface area contributed by atoms with Crippen molar-refractivity contribution in [2.75, 3.05) is 11.2 Å². The van der Waals surface area contributed by atoms with Crippen LogP contribution in [-0.2, 0) is 0 Å². The highest BCUT2D eigenvalue weighted by Gasteiger charge is 2.13. The van der Waals surface area contributed by atoms with E-state index in [0.29, 0.717) is 15.7 Å². The van der Waals surface area contributed by atoms with E-state index in [4.69, 9.17) is 28.9 Å². The van der Waals surface area contributed by atoms with Gasteiger partial charge in [0.15, 0.2) is 5.82 Å². The minimum absolute atomic E-state index is 0.244. The molecule has 1 amide bonds. The van der Waals surface area contributed by atoms with Crippen LogP contribution in [0.4, 0.5) is 11.5 Å². The lowest BCUT2D eigenvalue weighted by Gasteiger charge is -2.12. The summed E-state index contributed by atoms with van der Waals surface area (Å²) in [5, 5.41) is 1.27. The molecule has 0 aliphatic heterocycles. The average molecular weight is 420 g/mol. The van der Waals surface area contributed by atoms with E-state index in [1.54, 1.807) is 6.07 Å². The van der Waals surface area contributed by atoms with Gasteiger partial charge in [-0.05, 0) is 37.3 Å². The number of nitrogens with two attached hydrogens (primary N) is 1. The van der Waals surface area contributed by atoms with Crippen LogP contribution in [0.5, 0.6) is 0 Å². The Kier molecular flexibility index (Phi) is 6.05. The van der Waals surface area contributed by atoms with Crippen LogP contribution in [0.2, 0.25) is 10.0 Å². The standard InChI is InChI=1S/C18H15Cl2N5OS/c1-10-2-5-12(6-3-10)27-18-15(21)16(22-9-23-18)24-25-17(26)13-7-4-11(19)8-14(13)20/h2-9H,21H2,1H3,(H,25,26)(H,22,23,24).